The number of allylic oxidation sites excluding steroid dienone is 2. The van der Waals surface area contributed by atoms with Crippen LogP contribution in [0.25, 0.3) is 0 Å². The molecule has 0 amide bonds. The minimum atomic E-state index is -0.924. The van der Waals surface area contributed by atoms with Crippen molar-refractivity contribution >= 4 is 5.97 Å². The zero-order valence-corrected chi connectivity index (χ0v) is 10.6. The van der Waals surface area contributed by atoms with Gasteiger partial charge in [0.05, 0.1) is 5.57 Å². The Morgan fingerprint density at radius 2 is 1.72 bits per heavy atom. The summed E-state index contributed by atoms with van der Waals surface area (Å²) < 4.78 is 0. The Morgan fingerprint density at radius 1 is 1.17 bits per heavy atom. The van der Waals surface area contributed by atoms with Crippen LogP contribution in [0.4, 0.5) is 0 Å². The number of hydrogen-bond acceptors (Lipinski definition) is 5. The number of aliphatic carboxylic acids is 1. The SMILES string of the molecule is C1CNCCN1.CN.O=C(O)C1=CNC=CC=C1. The Kier molecular flexibility index (Phi) is 10.8. The molecule has 2 heterocycles. The number of carboxylic acids is 1. The van der Waals surface area contributed by atoms with Gasteiger partial charge in [0.25, 0.3) is 0 Å². The Balaban J connectivity index is 0.000000308. The van der Waals surface area contributed by atoms with E-state index in [1.807, 2.05) is 0 Å². The fourth-order valence-corrected chi connectivity index (χ4v) is 1.19. The maximum Gasteiger partial charge on any atom is 0.337 e. The lowest BCUT2D eigenvalue weighted by atomic mass is 10.3. The molecule has 2 aliphatic heterocycles. The Hall–Kier alpha value is -1.63. The van der Waals surface area contributed by atoms with Gasteiger partial charge >= 0.3 is 5.97 Å². The van der Waals surface area contributed by atoms with Crippen molar-refractivity contribution in [2.24, 2.45) is 5.73 Å². The molecule has 6 nitrogen and oxygen atoms in total. The minimum Gasteiger partial charge on any atom is -0.478 e. The Morgan fingerprint density at radius 3 is 2.17 bits per heavy atom. The molecule has 0 aliphatic carbocycles. The average molecular weight is 254 g/mol. The molecule has 0 bridgehead atoms. The molecule has 0 aromatic heterocycles. The van der Waals surface area contributed by atoms with Gasteiger partial charge in [0.1, 0.15) is 0 Å². The minimum absolute atomic E-state index is 0.255. The van der Waals surface area contributed by atoms with Gasteiger partial charge in [-0.15, -0.1) is 0 Å². The smallest absolute Gasteiger partial charge is 0.337 e. The number of nitrogens with one attached hydrogen (secondary N) is 3. The molecule has 0 aromatic carbocycles. The summed E-state index contributed by atoms with van der Waals surface area (Å²) in [6, 6.07) is 0. The number of hydrogen-bond donors (Lipinski definition) is 5. The van der Waals surface area contributed by atoms with E-state index in [0.29, 0.717) is 0 Å². The fraction of sp³-hybridized carbons (Fsp3) is 0.417. The third-order valence-electron chi connectivity index (χ3n) is 2.02. The lowest BCUT2D eigenvalue weighted by Gasteiger charge is -2.11. The van der Waals surface area contributed by atoms with Gasteiger partial charge in [0.15, 0.2) is 0 Å². The van der Waals surface area contributed by atoms with E-state index in [-0.39, 0.29) is 5.57 Å². The van der Waals surface area contributed by atoms with Crippen molar-refractivity contribution in [3.63, 3.8) is 0 Å². The van der Waals surface area contributed by atoms with Crippen LogP contribution < -0.4 is 21.7 Å². The zero-order valence-electron chi connectivity index (χ0n) is 10.6. The van der Waals surface area contributed by atoms with Crippen LogP contribution in [0.3, 0.4) is 0 Å². The van der Waals surface area contributed by atoms with Gasteiger partial charge in [-0.1, -0.05) is 6.08 Å². The summed E-state index contributed by atoms with van der Waals surface area (Å²) in [5, 5.41) is 17.6. The first-order valence-corrected chi connectivity index (χ1v) is 5.82. The number of carboxylic acid groups (broad SMARTS) is 1. The summed E-state index contributed by atoms with van der Waals surface area (Å²) in [6.45, 7) is 4.56. The Labute approximate surface area is 108 Å². The summed E-state index contributed by atoms with van der Waals surface area (Å²) in [4.78, 5) is 10.3. The van der Waals surface area contributed by atoms with E-state index in [1.165, 1.54) is 19.3 Å². The predicted molar refractivity (Wildman–Crippen MR) is 73.0 cm³/mol. The second kappa shape index (κ2) is 11.8. The molecule has 2 aliphatic rings. The largest absolute Gasteiger partial charge is 0.478 e. The molecular formula is C12H22N4O2. The van der Waals surface area contributed by atoms with Crippen LogP contribution >= 0.6 is 0 Å². The molecule has 0 saturated carbocycles. The number of carbonyl (C=O) groups is 1. The van der Waals surface area contributed by atoms with E-state index in [4.69, 9.17) is 5.11 Å². The summed E-state index contributed by atoms with van der Waals surface area (Å²) in [6.07, 6.45) is 8.01. The molecule has 1 fully saturated rings. The van der Waals surface area contributed by atoms with Crippen molar-refractivity contribution in [3.05, 3.63) is 36.2 Å². The van der Waals surface area contributed by atoms with Crippen molar-refractivity contribution in [1.82, 2.24) is 16.0 Å². The molecule has 102 valence electrons. The predicted octanol–water partition coefficient (Wildman–Crippen LogP) is -0.618. The van der Waals surface area contributed by atoms with Crippen molar-refractivity contribution in [1.29, 1.82) is 0 Å². The molecule has 0 atom stereocenters. The highest BCUT2D eigenvalue weighted by Gasteiger charge is 2.01. The zero-order chi connectivity index (χ0) is 13.6. The Bertz CT molecular complexity index is 296. The first-order chi connectivity index (χ1) is 8.80. The quantitative estimate of drug-likeness (QED) is 0.428. The fourth-order valence-electron chi connectivity index (χ4n) is 1.19. The molecule has 0 aromatic rings. The standard InChI is InChI=1S/C7H7NO2.C4H10N2.CH5N/c9-7(10)6-3-1-2-4-8-5-6;1-2-6-4-3-5-1;1-2/h1-5,8H,(H,9,10);5-6H,1-4H2;2H2,1H3. The normalized spacial score (nSPS) is 16.9. The van der Waals surface area contributed by atoms with Crippen LogP contribution in [-0.2, 0) is 4.79 Å². The number of piperazine rings is 1. The van der Waals surface area contributed by atoms with E-state index >= 15 is 0 Å². The average Bonchev–Trinajstić information content (AvgIpc) is 2.73. The van der Waals surface area contributed by atoms with Gasteiger partial charge in [-0.25, -0.2) is 4.79 Å². The second-order valence-electron chi connectivity index (χ2n) is 3.29. The number of nitrogens with two attached hydrogens (primary N) is 1. The first-order valence-electron chi connectivity index (χ1n) is 5.82. The molecular weight excluding hydrogens is 232 g/mol. The monoisotopic (exact) mass is 254 g/mol. The molecule has 0 spiro atoms. The highest BCUT2D eigenvalue weighted by molar-refractivity contribution is 5.89. The lowest BCUT2D eigenvalue weighted by molar-refractivity contribution is -0.132. The van der Waals surface area contributed by atoms with Crippen LogP contribution in [0.15, 0.2) is 36.2 Å². The van der Waals surface area contributed by atoms with Crippen LogP contribution in [0.1, 0.15) is 0 Å². The van der Waals surface area contributed by atoms with E-state index in [0.717, 1.165) is 26.2 Å². The van der Waals surface area contributed by atoms with Crippen LogP contribution in [0, 0.1) is 0 Å². The van der Waals surface area contributed by atoms with E-state index in [2.05, 4.69) is 21.7 Å². The van der Waals surface area contributed by atoms with Gasteiger partial charge in [-0.05, 0) is 19.2 Å². The van der Waals surface area contributed by atoms with Crippen molar-refractivity contribution in [3.8, 4) is 0 Å². The van der Waals surface area contributed by atoms with E-state index in [9.17, 15) is 4.79 Å². The summed E-state index contributed by atoms with van der Waals surface area (Å²) in [7, 11) is 1.50. The molecule has 18 heavy (non-hydrogen) atoms. The lowest BCUT2D eigenvalue weighted by Crippen LogP contribution is -2.39. The topological polar surface area (TPSA) is 99.4 Å². The molecule has 6 heteroatoms. The van der Waals surface area contributed by atoms with Gasteiger partial charge in [0.2, 0.25) is 0 Å². The van der Waals surface area contributed by atoms with Gasteiger partial charge in [-0.2, -0.15) is 0 Å². The summed E-state index contributed by atoms with van der Waals surface area (Å²) >= 11 is 0. The van der Waals surface area contributed by atoms with Crippen molar-refractivity contribution < 1.29 is 9.90 Å². The molecule has 0 radical (unpaired) electrons. The van der Waals surface area contributed by atoms with Gasteiger partial charge in [-0.3, -0.25) is 0 Å². The van der Waals surface area contributed by atoms with Crippen LogP contribution in [0.2, 0.25) is 0 Å². The summed E-state index contributed by atoms with van der Waals surface area (Å²) in [5.41, 5.74) is 4.75. The molecule has 1 saturated heterocycles. The summed E-state index contributed by atoms with van der Waals surface area (Å²) in [5.74, 6) is -0.924. The highest BCUT2D eigenvalue weighted by atomic mass is 16.4. The van der Waals surface area contributed by atoms with Crippen molar-refractivity contribution in [2.75, 3.05) is 33.2 Å². The maximum absolute atomic E-state index is 10.3. The molecule has 2 rings (SSSR count). The first kappa shape index (κ1) is 16.4. The van der Waals surface area contributed by atoms with Crippen molar-refractivity contribution in [2.45, 2.75) is 0 Å². The van der Waals surface area contributed by atoms with Gasteiger partial charge < -0.3 is 26.8 Å². The third-order valence-corrected chi connectivity index (χ3v) is 2.02. The van der Waals surface area contributed by atoms with Gasteiger partial charge in [0, 0.05) is 38.6 Å². The third kappa shape index (κ3) is 8.51. The molecule has 0 unspecified atom stereocenters. The van der Waals surface area contributed by atoms with Crippen LogP contribution in [-0.4, -0.2) is 44.3 Å². The second-order valence-corrected chi connectivity index (χ2v) is 3.29. The molecule has 6 N–H and O–H groups in total. The maximum atomic E-state index is 10.3. The highest BCUT2D eigenvalue weighted by Crippen LogP contribution is 1.97. The number of rotatable bonds is 1. The van der Waals surface area contributed by atoms with Crippen LogP contribution in [0.5, 0.6) is 0 Å². The van der Waals surface area contributed by atoms with E-state index in [1.54, 1.807) is 18.4 Å². The van der Waals surface area contributed by atoms with E-state index < -0.39 is 5.97 Å².